The topological polar surface area (TPSA) is 87.7 Å². The van der Waals surface area contributed by atoms with Crippen molar-refractivity contribution in [2.75, 3.05) is 6.54 Å². The molecule has 2 saturated carbocycles. The van der Waals surface area contributed by atoms with E-state index in [0.29, 0.717) is 0 Å². The lowest BCUT2D eigenvalue weighted by Crippen LogP contribution is -2.56. The number of fused-ring (bicyclic) bond motifs is 1. The van der Waals surface area contributed by atoms with E-state index in [0.717, 1.165) is 51.4 Å². The number of nitrogens with one attached hydrogen (secondary N) is 2. The number of hydrogen-bond donors (Lipinski definition) is 2. The number of nitrogens with zero attached hydrogens (tertiary/aromatic N) is 1. The molecule has 0 aromatic rings. The van der Waals surface area contributed by atoms with Gasteiger partial charge in [-0.25, -0.2) is 0 Å². The Labute approximate surface area is 183 Å². The number of hydrogen-bond acceptors (Lipinski definition) is 4. The summed E-state index contributed by atoms with van der Waals surface area (Å²) >= 11 is 0. The molecule has 7 heteroatoms. The number of likely N-dealkylation sites (tertiary alicyclic amines) is 1. The second kappa shape index (κ2) is 7.47. The SMILES string of the molecule is C=CCN1C(=O)[C@@H]2[C@@H](C(=O)NC3CCCC3)[C@@]3(C)C=C[C@@]2(O3)[C@@H]1C(=O)NC1CCCC1. The minimum Gasteiger partial charge on any atom is -0.356 e. The van der Waals surface area contributed by atoms with Crippen LogP contribution in [0, 0.1) is 11.8 Å². The van der Waals surface area contributed by atoms with Gasteiger partial charge < -0.3 is 20.3 Å². The van der Waals surface area contributed by atoms with Crippen LogP contribution in [0.3, 0.4) is 0 Å². The Balaban J connectivity index is 1.46. The van der Waals surface area contributed by atoms with Crippen molar-refractivity contribution in [2.24, 2.45) is 11.8 Å². The largest absolute Gasteiger partial charge is 0.356 e. The van der Waals surface area contributed by atoms with Crippen molar-refractivity contribution in [2.45, 2.75) is 87.6 Å². The van der Waals surface area contributed by atoms with Gasteiger partial charge in [0.15, 0.2) is 0 Å². The van der Waals surface area contributed by atoms with Gasteiger partial charge in [-0.1, -0.05) is 43.9 Å². The molecule has 3 heterocycles. The average molecular weight is 428 g/mol. The van der Waals surface area contributed by atoms with Crippen LogP contribution in [0.2, 0.25) is 0 Å². The van der Waals surface area contributed by atoms with Crippen LogP contribution in [-0.4, -0.2) is 58.5 Å². The molecule has 31 heavy (non-hydrogen) atoms. The molecule has 0 unspecified atom stereocenters. The maximum atomic E-state index is 13.6. The minimum absolute atomic E-state index is 0.130. The van der Waals surface area contributed by atoms with Gasteiger partial charge in [0, 0.05) is 18.6 Å². The fourth-order valence-electron chi connectivity index (χ4n) is 6.68. The standard InChI is InChI=1S/C24H33N3O4/c1-3-14-27-19(21(29)26-16-10-6-7-11-16)24-13-12-23(2,31-24)17(18(24)22(27)30)20(28)25-15-8-4-5-9-15/h3,12-13,15-19H,1,4-11,14H2,2H3,(H,25,28)(H,26,29)/t17-,18-,19-,23+,24-/m0/s1. The molecule has 168 valence electrons. The van der Waals surface area contributed by atoms with Crippen LogP contribution in [0.4, 0.5) is 0 Å². The van der Waals surface area contributed by atoms with Gasteiger partial charge in [-0.15, -0.1) is 6.58 Å². The number of ether oxygens (including phenoxy) is 1. The molecular formula is C24H33N3O4. The molecule has 5 rings (SSSR count). The summed E-state index contributed by atoms with van der Waals surface area (Å²) in [7, 11) is 0. The first kappa shape index (κ1) is 20.7. The summed E-state index contributed by atoms with van der Waals surface area (Å²) in [6, 6.07) is -0.480. The van der Waals surface area contributed by atoms with Crippen molar-refractivity contribution in [3.63, 3.8) is 0 Å². The number of carbonyl (C=O) groups excluding carboxylic acids is 3. The van der Waals surface area contributed by atoms with Crippen LogP contribution in [0.5, 0.6) is 0 Å². The maximum Gasteiger partial charge on any atom is 0.246 e. The van der Waals surface area contributed by atoms with Crippen LogP contribution < -0.4 is 10.6 Å². The molecule has 2 N–H and O–H groups in total. The zero-order valence-corrected chi connectivity index (χ0v) is 18.3. The number of amides is 3. The van der Waals surface area contributed by atoms with Gasteiger partial charge >= 0.3 is 0 Å². The van der Waals surface area contributed by atoms with E-state index in [9.17, 15) is 14.4 Å². The summed E-state index contributed by atoms with van der Waals surface area (Å²) in [5.41, 5.74) is -1.98. The summed E-state index contributed by atoms with van der Waals surface area (Å²) in [6.45, 7) is 5.90. The summed E-state index contributed by atoms with van der Waals surface area (Å²) in [4.78, 5) is 42.0. The van der Waals surface area contributed by atoms with E-state index in [4.69, 9.17) is 4.74 Å². The average Bonchev–Trinajstić information content (AvgIpc) is 3.52. The third-order valence-corrected chi connectivity index (χ3v) is 8.06. The van der Waals surface area contributed by atoms with E-state index < -0.39 is 29.1 Å². The van der Waals surface area contributed by atoms with Crippen LogP contribution in [0.1, 0.15) is 58.3 Å². The molecule has 2 saturated heterocycles. The fraction of sp³-hybridized carbons (Fsp3) is 0.708. The second-order valence-corrected chi connectivity index (χ2v) is 10.1. The van der Waals surface area contributed by atoms with Gasteiger partial charge in [-0.3, -0.25) is 14.4 Å². The highest BCUT2D eigenvalue weighted by Crippen LogP contribution is 2.59. The number of rotatable bonds is 6. The molecule has 1 spiro atoms. The maximum absolute atomic E-state index is 13.6. The Hall–Kier alpha value is -2.15. The molecule has 2 aliphatic carbocycles. The first-order chi connectivity index (χ1) is 14.9. The van der Waals surface area contributed by atoms with E-state index in [1.165, 1.54) is 0 Å². The van der Waals surface area contributed by atoms with E-state index in [1.807, 2.05) is 19.1 Å². The monoisotopic (exact) mass is 427 g/mol. The molecule has 3 amide bonds. The zero-order chi connectivity index (χ0) is 21.8. The van der Waals surface area contributed by atoms with Crippen molar-refractivity contribution >= 4 is 17.7 Å². The van der Waals surface area contributed by atoms with Crippen molar-refractivity contribution in [3.05, 3.63) is 24.8 Å². The van der Waals surface area contributed by atoms with Gasteiger partial charge in [0.05, 0.1) is 17.4 Å². The predicted molar refractivity (Wildman–Crippen MR) is 115 cm³/mol. The molecule has 7 nitrogen and oxygen atoms in total. The highest BCUT2D eigenvalue weighted by molar-refractivity contribution is 6.00. The Kier molecular flexibility index (Phi) is 5.00. The third kappa shape index (κ3) is 3.07. The zero-order valence-electron chi connectivity index (χ0n) is 18.3. The first-order valence-corrected chi connectivity index (χ1v) is 11.8. The summed E-state index contributed by atoms with van der Waals surface area (Å²) < 4.78 is 6.49. The first-order valence-electron chi connectivity index (χ1n) is 11.8. The summed E-state index contributed by atoms with van der Waals surface area (Å²) in [5.74, 6) is -1.83. The van der Waals surface area contributed by atoms with Crippen LogP contribution in [-0.2, 0) is 19.1 Å². The Morgan fingerprint density at radius 3 is 2.26 bits per heavy atom. The Morgan fingerprint density at radius 2 is 1.68 bits per heavy atom. The highest BCUT2D eigenvalue weighted by Gasteiger charge is 2.76. The molecule has 0 aromatic carbocycles. The lowest BCUT2D eigenvalue weighted by atomic mass is 9.70. The van der Waals surface area contributed by atoms with Crippen LogP contribution >= 0.6 is 0 Å². The molecule has 3 aliphatic heterocycles. The van der Waals surface area contributed by atoms with Gasteiger partial charge in [-0.2, -0.15) is 0 Å². The highest BCUT2D eigenvalue weighted by atomic mass is 16.5. The van der Waals surface area contributed by atoms with Gasteiger partial charge in [0.1, 0.15) is 11.6 Å². The molecule has 5 atom stereocenters. The third-order valence-electron chi connectivity index (χ3n) is 8.06. The van der Waals surface area contributed by atoms with Gasteiger partial charge in [-0.05, 0) is 32.6 Å². The van der Waals surface area contributed by atoms with E-state index in [-0.39, 0.29) is 36.3 Å². The van der Waals surface area contributed by atoms with Crippen molar-refractivity contribution in [1.29, 1.82) is 0 Å². The number of carbonyl (C=O) groups is 3. The second-order valence-electron chi connectivity index (χ2n) is 10.1. The van der Waals surface area contributed by atoms with E-state index in [2.05, 4.69) is 17.2 Å². The Morgan fingerprint density at radius 1 is 1.10 bits per heavy atom. The fourth-order valence-corrected chi connectivity index (χ4v) is 6.68. The summed E-state index contributed by atoms with van der Waals surface area (Å²) in [5, 5.41) is 6.32. The van der Waals surface area contributed by atoms with Gasteiger partial charge in [0.25, 0.3) is 0 Å². The lowest BCUT2D eigenvalue weighted by Gasteiger charge is -2.33. The molecular weight excluding hydrogens is 394 g/mol. The van der Waals surface area contributed by atoms with Crippen molar-refractivity contribution < 1.29 is 19.1 Å². The van der Waals surface area contributed by atoms with E-state index in [1.54, 1.807) is 11.0 Å². The summed E-state index contributed by atoms with van der Waals surface area (Å²) in [6.07, 6.45) is 13.7. The quantitative estimate of drug-likeness (QED) is 0.633. The normalized spacial score (nSPS) is 39.3. The lowest BCUT2D eigenvalue weighted by molar-refractivity contribution is -0.144. The molecule has 0 aromatic heterocycles. The van der Waals surface area contributed by atoms with Crippen molar-refractivity contribution in [1.82, 2.24) is 15.5 Å². The minimum atomic E-state index is -1.10. The molecule has 0 radical (unpaired) electrons. The Bertz CT molecular complexity index is 829. The van der Waals surface area contributed by atoms with Crippen LogP contribution in [0.25, 0.3) is 0 Å². The predicted octanol–water partition coefficient (Wildman–Crippen LogP) is 1.83. The van der Waals surface area contributed by atoms with E-state index >= 15 is 0 Å². The molecule has 2 bridgehead atoms. The molecule has 4 fully saturated rings. The van der Waals surface area contributed by atoms with Crippen LogP contribution in [0.15, 0.2) is 24.8 Å². The molecule has 5 aliphatic rings. The smallest absolute Gasteiger partial charge is 0.246 e. The van der Waals surface area contributed by atoms with Crippen molar-refractivity contribution in [3.8, 4) is 0 Å². The van der Waals surface area contributed by atoms with Gasteiger partial charge in [0.2, 0.25) is 17.7 Å².